The van der Waals surface area contributed by atoms with E-state index in [4.69, 9.17) is 5.73 Å². The van der Waals surface area contributed by atoms with Crippen LogP contribution in [0.15, 0.2) is 6.20 Å². The van der Waals surface area contributed by atoms with E-state index in [1.807, 2.05) is 0 Å². The number of carbonyl (C=O) groups is 1. The van der Waals surface area contributed by atoms with E-state index in [-0.39, 0.29) is 17.2 Å². The Morgan fingerprint density at radius 2 is 2.10 bits per heavy atom. The lowest BCUT2D eigenvalue weighted by Crippen LogP contribution is -2.41. The maximum Gasteiger partial charge on any atom is 0.443 e. The van der Waals surface area contributed by atoms with Crippen LogP contribution >= 0.6 is 11.3 Å². The molecule has 0 spiro atoms. The Bertz CT molecular complexity index is 490. The second kappa shape index (κ2) is 5.44. The summed E-state index contributed by atoms with van der Waals surface area (Å²) in [6, 6.07) is 0. The van der Waals surface area contributed by atoms with Crippen LogP contribution in [0.5, 0.6) is 0 Å². The molecule has 0 aliphatic heterocycles. The molecule has 0 radical (unpaired) electrons. The lowest BCUT2D eigenvalue weighted by atomic mass is 9.68. The van der Waals surface area contributed by atoms with Gasteiger partial charge in [-0.3, -0.25) is 4.79 Å². The zero-order valence-corrected chi connectivity index (χ0v) is 12.0. The van der Waals surface area contributed by atoms with Gasteiger partial charge >= 0.3 is 6.18 Å². The molecule has 2 N–H and O–H groups in total. The highest BCUT2D eigenvalue weighted by molar-refractivity contribution is 7.13. The standard InChI is InChI=1S/C13H17F3N2OS/c1-8-2-4-12(7-17,5-3-8)10(19)9-6-18-11(20-9)13(14,15)16/h6,8H,2-5,7,17H2,1H3. The molecular weight excluding hydrogens is 289 g/mol. The number of nitrogens with two attached hydrogens (primary N) is 1. The summed E-state index contributed by atoms with van der Waals surface area (Å²) in [5, 5.41) is -0.975. The number of rotatable bonds is 3. The minimum atomic E-state index is -4.50. The van der Waals surface area contributed by atoms with E-state index >= 15 is 0 Å². The predicted molar refractivity (Wildman–Crippen MR) is 70.6 cm³/mol. The second-order valence-corrected chi connectivity index (χ2v) is 6.55. The highest BCUT2D eigenvalue weighted by Crippen LogP contribution is 2.42. The Kier molecular flexibility index (Phi) is 4.20. The third-order valence-corrected chi connectivity index (χ3v) is 5.12. The fourth-order valence-corrected chi connectivity index (χ4v) is 3.45. The lowest BCUT2D eigenvalue weighted by molar-refractivity contribution is -0.137. The topological polar surface area (TPSA) is 56.0 Å². The van der Waals surface area contributed by atoms with Crippen LogP contribution in [-0.4, -0.2) is 17.3 Å². The summed E-state index contributed by atoms with van der Waals surface area (Å²) < 4.78 is 37.6. The number of Topliss-reactive ketones (excluding diaryl/α,β-unsaturated/α-hetero) is 1. The number of hydrogen-bond acceptors (Lipinski definition) is 4. The van der Waals surface area contributed by atoms with Crippen LogP contribution in [0, 0.1) is 11.3 Å². The van der Waals surface area contributed by atoms with Gasteiger partial charge in [-0.1, -0.05) is 6.92 Å². The third kappa shape index (κ3) is 2.88. The molecule has 1 saturated carbocycles. The Balaban J connectivity index is 2.23. The largest absolute Gasteiger partial charge is 0.443 e. The maximum atomic E-state index is 12.5. The fraction of sp³-hybridized carbons (Fsp3) is 0.692. The van der Waals surface area contributed by atoms with Crippen molar-refractivity contribution in [2.24, 2.45) is 17.1 Å². The van der Waals surface area contributed by atoms with Gasteiger partial charge in [-0.2, -0.15) is 13.2 Å². The van der Waals surface area contributed by atoms with Crippen LogP contribution < -0.4 is 5.73 Å². The number of hydrogen-bond donors (Lipinski definition) is 1. The van der Waals surface area contributed by atoms with Crippen LogP contribution in [0.4, 0.5) is 13.2 Å². The Morgan fingerprint density at radius 3 is 2.55 bits per heavy atom. The van der Waals surface area contributed by atoms with Gasteiger partial charge in [0, 0.05) is 18.2 Å². The first kappa shape index (κ1) is 15.4. The lowest BCUT2D eigenvalue weighted by Gasteiger charge is -2.36. The van der Waals surface area contributed by atoms with Gasteiger partial charge in [0.25, 0.3) is 0 Å². The van der Waals surface area contributed by atoms with E-state index in [1.165, 1.54) is 0 Å². The molecule has 1 aliphatic carbocycles. The van der Waals surface area contributed by atoms with E-state index in [0.717, 1.165) is 19.0 Å². The van der Waals surface area contributed by atoms with Crippen molar-refractivity contribution in [1.82, 2.24) is 4.98 Å². The van der Waals surface area contributed by atoms with Crippen molar-refractivity contribution in [2.75, 3.05) is 6.54 Å². The number of aromatic nitrogens is 1. The minimum Gasteiger partial charge on any atom is -0.329 e. The third-order valence-electron chi connectivity index (χ3n) is 4.08. The molecule has 0 bridgehead atoms. The number of carbonyl (C=O) groups excluding carboxylic acids is 1. The first-order chi connectivity index (χ1) is 9.28. The smallest absolute Gasteiger partial charge is 0.329 e. The molecule has 1 aromatic rings. The molecule has 1 fully saturated rings. The van der Waals surface area contributed by atoms with Crippen molar-refractivity contribution in [3.05, 3.63) is 16.1 Å². The van der Waals surface area contributed by atoms with Gasteiger partial charge in [-0.15, -0.1) is 11.3 Å². The molecule has 0 amide bonds. The van der Waals surface area contributed by atoms with Gasteiger partial charge in [0.2, 0.25) is 0 Å². The Labute approximate surface area is 119 Å². The zero-order chi connectivity index (χ0) is 15.0. The highest BCUT2D eigenvalue weighted by Gasteiger charge is 2.42. The molecule has 20 heavy (non-hydrogen) atoms. The van der Waals surface area contributed by atoms with Crippen molar-refractivity contribution in [2.45, 2.75) is 38.8 Å². The van der Waals surface area contributed by atoms with E-state index < -0.39 is 16.6 Å². The molecule has 3 nitrogen and oxygen atoms in total. The number of thiazole rings is 1. The van der Waals surface area contributed by atoms with Gasteiger partial charge in [-0.05, 0) is 31.6 Å². The molecule has 7 heteroatoms. The quantitative estimate of drug-likeness (QED) is 0.870. The molecular formula is C13H17F3N2OS. The normalized spacial score (nSPS) is 27.6. The van der Waals surface area contributed by atoms with Crippen LogP contribution in [-0.2, 0) is 6.18 Å². The number of ketones is 1. The van der Waals surface area contributed by atoms with Crippen LogP contribution in [0.3, 0.4) is 0 Å². The molecule has 0 saturated heterocycles. The summed E-state index contributed by atoms with van der Waals surface area (Å²) in [6.07, 6.45) is -0.418. The maximum absolute atomic E-state index is 12.5. The van der Waals surface area contributed by atoms with Crippen LogP contribution in [0.2, 0.25) is 0 Å². The van der Waals surface area contributed by atoms with Crippen LogP contribution in [0.1, 0.15) is 47.3 Å². The summed E-state index contributed by atoms with van der Waals surface area (Å²) >= 11 is 0.415. The van der Waals surface area contributed by atoms with E-state index in [1.54, 1.807) is 0 Å². The molecule has 1 aromatic heterocycles. The van der Waals surface area contributed by atoms with Crippen LogP contribution in [0.25, 0.3) is 0 Å². The molecule has 0 atom stereocenters. The second-order valence-electron chi connectivity index (χ2n) is 5.52. The Morgan fingerprint density at radius 1 is 1.50 bits per heavy atom. The molecule has 1 aliphatic rings. The van der Waals surface area contributed by atoms with E-state index in [2.05, 4.69) is 11.9 Å². The average Bonchev–Trinajstić information content (AvgIpc) is 2.89. The summed E-state index contributed by atoms with van der Waals surface area (Å²) in [4.78, 5) is 15.9. The zero-order valence-electron chi connectivity index (χ0n) is 11.2. The van der Waals surface area contributed by atoms with Gasteiger partial charge in [0.1, 0.15) is 0 Å². The van der Waals surface area contributed by atoms with Gasteiger partial charge in [0.05, 0.1) is 4.88 Å². The van der Waals surface area contributed by atoms with E-state index in [9.17, 15) is 18.0 Å². The summed E-state index contributed by atoms with van der Waals surface area (Å²) in [5.41, 5.74) is 5.05. The van der Waals surface area contributed by atoms with Crippen molar-refractivity contribution in [3.63, 3.8) is 0 Å². The minimum absolute atomic E-state index is 0.0670. The van der Waals surface area contributed by atoms with Crippen molar-refractivity contribution < 1.29 is 18.0 Å². The highest BCUT2D eigenvalue weighted by atomic mass is 32.1. The van der Waals surface area contributed by atoms with Crippen molar-refractivity contribution in [3.8, 4) is 0 Å². The number of alkyl halides is 3. The monoisotopic (exact) mass is 306 g/mol. The average molecular weight is 306 g/mol. The first-order valence-electron chi connectivity index (χ1n) is 6.56. The summed E-state index contributed by atoms with van der Waals surface area (Å²) in [6.45, 7) is 2.29. The van der Waals surface area contributed by atoms with Gasteiger partial charge in [0.15, 0.2) is 10.8 Å². The number of nitrogens with zero attached hydrogens (tertiary/aromatic N) is 1. The fourth-order valence-electron chi connectivity index (χ4n) is 2.61. The molecule has 2 rings (SSSR count). The summed E-state index contributed by atoms with van der Waals surface area (Å²) in [7, 11) is 0. The Hall–Kier alpha value is -0.950. The van der Waals surface area contributed by atoms with Gasteiger partial charge in [-0.25, -0.2) is 4.98 Å². The SMILES string of the molecule is CC1CCC(CN)(C(=O)c2cnc(C(F)(F)F)s2)CC1. The molecule has 112 valence electrons. The van der Waals surface area contributed by atoms with E-state index in [0.29, 0.717) is 30.1 Å². The molecule has 0 unspecified atom stereocenters. The molecule has 0 aromatic carbocycles. The van der Waals surface area contributed by atoms with Crippen molar-refractivity contribution in [1.29, 1.82) is 0 Å². The number of halogens is 3. The van der Waals surface area contributed by atoms with Crippen molar-refractivity contribution >= 4 is 17.1 Å². The first-order valence-corrected chi connectivity index (χ1v) is 7.38. The molecule has 1 heterocycles. The van der Waals surface area contributed by atoms with Gasteiger partial charge < -0.3 is 5.73 Å². The predicted octanol–water partition coefficient (Wildman–Crippen LogP) is 3.50. The summed E-state index contributed by atoms with van der Waals surface area (Å²) in [5.74, 6) is 0.259.